The molecule has 8 aromatic rings. The summed E-state index contributed by atoms with van der Waals surface area (Å²) in [6.07, 6.45) is 0. The van der Waals surface area contributed by atoms with Crippen LogP contribution in [0.4, 0.5) is 0 Å². The maximum Gasteiger partial charge on any atom is 0.268 e. The molecule has 0 aliphatic heterocycles. The number of nitrogens with zero attached hydrogens (tertiary/aromatic N) is 4. The Morgan fingerprint density at radius 3 is 2.32 bits per heavy atom. The van der Waals surface area contributed by atoms with Gasteiger partial charge < -0.3 is 4.42 Å². The number of hydrogen-bond donors (Lipinski definition) is 0. The summed E-state index contributed by atoms with van der Waals surface area (Å²) >= 11 is 1.42. The van der Waals surface area contributed by atoms with Crippen molar-refractivity contribution in [3.05, 3.63) is 107 Å². The van der Waals surface area contributed by atoms with Gasteiger partial charge in [-0.15, -0.1) is 0 Å². The monoisotopic (exact) mass is 496 g/mol. The fourth-order valence-corrected chi connectivity index (χ4v) is 6.00. The summed E-state index contributed by atoms with van der Waals surface area (Å²) in [5, 5.41) is 2.68. The maximum atomic E-state index is 13.6. The zero-order valence-electron chi connectivity index (χ0n) is 19.3. The van der Waals surface area contributed by atoms with E-state index in [-0.39, 0.29) is 5.56 Å². The number of para-hydroxylation sites is 2. The van der Waals surface area contributed by atoms with Crippen LogP contribution in [0.2, 0.25) is 0 Å². The zero-order valence-corrected chi connectivity index (χ0v) is 20.1. The largest absolute Gasteiger partial charge is 0.456 e. The second-order valence-corrected chi connectivity index (χ2v) is 9.86. The van der Waals surface area contributed by atoms with Crippen molar-refractivity contribution in [1.29, 1.82) is 0 Å². The molecule has 7 heteroatoms. The van der Waals surface area contributed by atoms with Gasteiger partial charge in [-0.3, -0.25) is 4.79 Å². The molecule has 0 saturated heterocycles. The van der Waals surface area contributed by atoms with Crippen LogP contribution in [0.1, 0.15) is 0 Å². The highest BCUT2D eigenvalue weighted by Gasteiger charge is 2.20. The summed E-state index contributed by atoms with van der Waals surface area (Å²) in [6, 6.07) is 31.4. The van der Waals surface area contributed by atoms with Crippen molar-refractivity contribution in [1.82, 2.24) is 19.4 Å². The first kappa shape index (κ1) is 20.3. The van der Waals surface area contributed by atoms with E-state index in [1.54, 1.807) is 10.5 Å². The minimum Gasteiger partial charge on any atom is -0.456 e. The number of rotatable bonds is 2. The summed E-state index contributed by atoms with van der Waals surface area (Å²) in [7, 11) is 0. The number of aromatic nitrogens is 4. The molecule has 174 valence electrons. The Bertz CT molecular complexity index is 2230. The van der Waals surface area contributed by atoms with Crippen molar-refractivity contribution in [3.63, 3.8) is 0 Å². The molecular weight excluding hydrogens is 480 g/mol. The van der Waals surface area contributed by atoms with Crippen LogP contribution in [0.5, 0.6) is 0 Å². The van der Waals surface area contributed by atoms with Gasteiger partial charge in [0.15, 0.2) is 16.4 Å². The number of thiazole rings is 1. The van der Waals surface area contributed by atoms with Crippen molar-refractivity contribution in [3.8, 4) is 22.6 Å². The van der Waals surface area contributed by atoms with E-state index < -0.39 is 0 Å². The van der Waals surface area contributed by atoms with E-state index in [1.807, 2.05) is 72.8 Å². The highest BCUT2D eigenvalue weighted by Crippen LogP contribution is 2.37. The molecule has 0 amide bonds. The molecule has 6 nitrogen and oxygen atoms in total. The lowest BCUT2D eigenvalue weighted by Crippen LogP contribution is -2.14. The first-order chi connectivity index (χ1) is 18.2. The lowest BCUT2D eigenvalue weighted by atomic mass is 10.1. The lowest BCUT2D eigenvalue weighted by molar-refractivity contribution is 0.669. The molecule has 0 radical (unpaired) electrons. The van der Waals surface area contributed by atoms with Gasteiger partial charge in [-0.05, 0) is 30.3 Å². The summed E-state index contributed by atoms with van der Waals surface area (Å²) in [5.41, 5.74) is 5.22. The highest BCUT2D eigenvalue weighted by atomic mass is 32.1. The van der Waals surface area contributed by atoms with Gasteiger partial charge in [0, 0.05) is 21.9 Å². The van der Waals surface area contributed by atoms with Crippen molar-refractivity contribution in [2.75, 3.05) is 0 Å². The number of fused-ring (bicyclic) bond motifs is 7. The molecule has 0 spiro atoms. The van der Waals surface area contributed by atoms with E-state index in [9.17, 15) is 4.79 Å². The topological polar surface area (TPSA) is 73.3 Å². The first-order valence-corrected chi connectivity index (χ1v) is 12.7. The Labute approximate surface area is 213 Å². The molecule has 0 aliphatic rings. The molecule has 37 heavy (non-hydrogen) atoms. The zero-order chi connectivity index (χ0) is 24.5. The quantitative estimate of drug-likeness (QED) is 0.256. The third kappa shape index (κ3) is 2.98. The molecule has 0 unspecified atom stereocenters. The second-order valence-electron chi connectivity index (χ2n) is 8.88. The molecule has 0 fully saturated rings. The van der Waals surface area contributed by atoms with Crippen molar-refractivity contribution < 1.29 is 4.42 Å². The maximum absolute atomic E-state index is 13.6. The van der Waals surface area contributed by atoms with Gasteiger partial charge in [0.2, 0.25) is 0 Å². The van der Waals surface area contributed by atoms with Gasteiger partial charge in [0.25, 0.3) is 5.56 Å². The predicted molar refractivity (Wildman–Crippen MR) is 148 cm³/mol. The lowest BCUT2D eigenvalue weighted by Gasteiger charge is -2.07. The molecule has 0 atom stereocenters. The van der Waals surface area contributed by atoms with E-state index in [4.69, 9.17) is 19.4 Å². The third-order valence-electron chi connectivity index (χ3n) is 6.68. The fraction of sp³-hybridized carbons (Fsp3) is 0. The molecular formula is C30H16N4O2S. The molecule has 4 aromatic heterocycles. The average Bonchev–Trinajstić information content (AvgIpc) is 3.51. The van der Waals surface area contributed by atoms with Gasteiger partial charge in [0.1, 0.15) is 15.9 Å². The molecule has 0 N–H and O–H groups in total. The number of hydrogen-bond acceptors (Lipinski definition) is 6. The summed E-state index contributed by atoms with van der Waals surface area (Å²) in [5.74, 6) is 0.549. The minimum atomic E-state index is -0.136. The first-order valence-electron chi connectivity index (χ1n) is 11.8. The van der Waals surface area contributed by atoms with Gasteiger partial charge in [-0.2, -0.15) is 0 Å². The van der Waals surface area contributed by atoms with Gasteiger partial charge >= 0.3 is 0 Å². The number of benzene rings is 4. The molecule has 4 aromatic carbocycles. The Morgan fingerprint density at radius 1 is 0.676 bits per heavy atom. The van der Waals surface area contributed by atoms with Gasteiger partial charge in [0.05, 0.1) is 16.6 Å². The predicted octanol–water partition coefficient (Wildman–Crippen LogP) is 7.09. The normalized spacial score (nSPS) is 11.9. The minimum absolute atomic E-state index is 0.136. The van der Waals surface area contributed by atoms with E-state index >= 15 is 0 Å². The van der Waals surface area contributed by atoms with Crippen LogP contribution in [0, 0.1) is 0 Å². The van der Waals surface area contributed by atoms with Gasteiger partial charge in [-0.1, -0.05) is 78.1 Å². The number of furan rings is 1. The molecule has 8 rings (SSSR count). The second kappa shape index (κ2) is 7.56. The van der Waals surface area contributed by atoms with Crippen LogP contribution in [0.25, 0.3) is 70.8 Å². The fourth-order valence-electron chi connectivity index (χ4n) is 4.93. The Balaban J connectivity index is 1.49. The van der Waals surface area contributed by atoms with Crippen LogP contribution in [-0.4, -0.2) is 19.4 Å². The van der Waals surface area contributed by atoms with Crippen LogP contribution < -0.4 is 5.56 Å². The van der Waals surface area contributed by atoms with E-state index in [0.29, 0.717) is 27.3 Å². The smallest absolute Gasteiger partial charge is 0.268 e. The van der Waals surface area contributed by atoms with Crippen molar-refractivity contribution in [2.24, 2.45) is 0 Å². The Morgan fingerprint density at radius 2 is 1.43 bits per heavy atom. The molecule has 0 bridgehead atoms. The molecule has 4 heterocycles. The highest BCUT2D eigenvalue weighted by molar-refractivity contribution is 7.24. The summed E-state index contributed by atoms with van der Waals surface area (Å²) < 4.78 is 8.58. The Hall–Kier alpha value is -4.88. The van der Waals surface area contributed by atoms with Crippen LogP contribution >= 0.6 is 11.3 Å². The van der Waals surface area contributed by atoms with E-state index in [1.165, 1.54) is 11.3 Å². The Kier molecular flexibility index (Phi) is 4.15. The van der Waals surface area contributed by atoms with E-state index in [0.717, 1.165) is 43.5 Å². The third-order valence-corrected chi connectivity index (χ3v) is 7.72. The SMILES string of the molecule is O=c1c2ccccc2nc2sc3c(-c4ccc5c(c4)oc4ccccc45)nc(-c4ccccc4)nc3n12. The standard InChI is InChI=1S/C30H16N4O2S/c35-29-21-11-4-6-12-22(21)31-30-34(29)28-26(37-30)25(32-27(33-28)17-8-2-1-3-9-17)18-14-15-20-19-10-5-7-13-23(19)36-24(20)16-18/h1-16H. The van der Waals surface area contributed by atoms with Crippen molar-refractivity contribution >= 4 is 59.5 Å². The van der Waals surface area contributed by atoms with Crippen LogP contribution in [-0.2, 0) is 0 Å². The van der Waals surface area contributed by atoms with Crippen LogP contribution in [0.3, 0.4) is 0 Å². The van der Waals surface area contributed by atoms with Crippen LogP contribution in [0.15, 0.2) is 106 Å². The molecule has 0 saturated carbocycles. The molecule has 0 aliphatic carbocycles. The van der Waals surface area contributed by atoms with Gasteiger partial charge in [-0.25, -0.2) is 19.4 Å². The summed E-state index contributed by atoms with van der Waals surface area (Å²) in [6.45, 7) is 0. The van der Waals surface area contributed by atoms with E-state index in [2.05, 4.69) is 18.2 Å². The van der Waals surface area contributed by atoms with Crippen molar-refractivity contribution in [2.45, 2.75) is 0 Å². The average molecular weight is 497 g/mol. The summed E-state index contributed by atoms with van der Waals surface area (Å²) in [4.78, 5) is 28.9.